The number of hydrogen-bond acceptors (Lipinski definition) is 2. The summed E-state index contributed by atoms with van der Waals surface area (Å²) in [7, 11) is 0. The van der Waals surface area contributed by atoms with Crippen LogP contribution in [-0.2, 0) is 0 Å². The molecule has 3 atom stereocenters. The molecular formula is C13H18N2. The summed E-state index contributed by atoms with van der Waals surface area (Å²) in [6.07, 6.45) is 2.91. The third-order valence-corrected chi connectivity index (χ3v) is 3.08. The number of benzene rings is 1. The standard InChI is InChI=1S/C13H18N2/c1-3-9(2)15-13-8-12(14)10-6-4-5-7-11(10)13/h3-7,9,12-13,15H,1,8,14H2,2H3. The number of nitrogens with two attached hydrogens (primary N) is 1. The van der Waals surface area contributed by atoms with E-state index >= 15 is 0 Å². The van der Waals surface area contributed by atoms with Crippen LogP contribution < -0.4 is 11.1 Å². The van der Waals surface area contributed by atoms with Crippen LogP contribution in [-0.4, -0.2) is 6.04 Å². The van der Waals surface area contributed by atoms with Crippen molar-refractivity contribution in [1.82, 2.24) is 5.32 Å². The fourth-order valence-corrected chi connectivity index (χ4v) is 2.22. The van der Waals surface area contributed by atoms with Gasteiger partial charge in [0.15, 0.2) is 0 Å². The minimum absolute atomic E-state index is 0.177. The smallest absolute Gasteiger partial charge is 0.0346 e. The second-order valence-electron chi connectivity index (χ2n) is 4.21. The van der Waals surface area contributed by atoms with Crippen molar-refractivity contribution in [1.29, 1.82) is 0 Å². The predicted octanol–water partition coefficient (Wildman–Crippen LogP) is 2.30. The molecule has 0 radical (unpaired) electrons. The highest BCUT2D eigenvalue weighted by Crippen LogP contribution is 2.37. The molecule has 0 aromatic heterocycles. The number of nitrogens with one attached hydrogen (secondary N) is 1. The van der Waals surface area contributed by atoms with E-state index in [9.17, 15) is 0 Å². The van der Waals surface area contributed by atoms with Crippen molar-refractivity contribution in [2.45, 2.75) is 31.5 Å². The van der Waals surface area contributed by atoms with Crippen LogP contribution >= 0.6 is 0 Å². The van der Waals surface area contributed by atoms with Gasteiger partial charge in [-0.1, -0.05) is 30.3 Å². The van der Waals surface area contributed by atoms with E-state index in [1.54, 1.807) is 0 Å². The summed E-state index contributed by atoms with van der Waals surface area (Å²) in [4.78, 5) is 0. The molecule has 0 bridgehead atoms. The Morgan fingerprint density at radius 1 is 1.47 bits per heavy atom. The second kappa shape index (κ2) is 4.17. The van der Waals surface area contributed by atoms with Crippen molar-refractivity contribution >= 4 is 0 Å². The fourth-order valence-electron chi connectivity index (χ4n) is 2.22. The molecule has 3 unspecified atom stereocenters. The highest BCUT2D eigenvalue weighted by molar-refractivity contribution is 5.37. The molecule has 0 fully saturated rings. The first-order valence-electron chi connectivity index (χ1n) is 5.45. The molecule has 0 saturated carbocycles. The van der Waals surface area contributed by atoms with E-state index in [4.69, 9.17) is 5.73 Å². The zero-order chi connectivity index (χ0) is 10.8. The summed E-state index contributed by atoms with van der Waals surface area (Å²) in [6.45, 7) is 5.89. The molecule has 1 aromatic carbocycles. The first-order chi connectivity index (χ1) is 7.22. The Bertz CT molecular complexity index is 359. The van der Waals surface area contributed by atoms with Crippen molar-refractivity contribution in [2.75, 3.05) is 0 Å². The molecule has 80 valence electrons. The molecule has 1 aliphatic carbocycles. The van der Waals surface area contributed by atoms with Crippen molar-refractivity contribution in [3.63, 3.8) is 0 Å². The van der Waals surface area contributed by atoms with Gasteiger partial charge in [0, 0.05) is 18.1 Å². The molecule has 2 rings (SSSR count). The van der Waals surface area contributed by atoms with E-state index < -0.39 is 0 Å². The molecule has 3 N–H and O–H groups in total. The van der Waals surface area contributed by atoms with Gasteiger partial charge in [-0.25, -0.2) is 0 Å². The lowest BCUT2D eigenvalue weighted by Crippen LogP contribution is -2.27. The first kappa shape index (κ1) is 10.4. The van der Waals surface area contributed by atoms with E-state index in [1.807, 2.05) is 6.08 Å². The molecule has 0 aliphatic heterocycles. The van der Waals surface area contributed by atoms with Crippen molar-refractivity contribution in [2.24, 2.45) is 5.73 Å². The molecule has 1 aromatic rings. The summed E-state index contributed by atoms with van der Waals surface area (Å²) < 4.78 is 0. The maximum Gasteiger partial charge on any atom is 0.0346 e. The Morgan fingerprint density at radius 3 is 2.80 bits per heavy atom. The van der Waals surface area contributed by atoms with Crippen molar-refractivity contribution in [3.8, 4) is 0 Å². The van der Waals surface area contributed by atoms with Gasteiger partial charge < -0.3 is 11.1 Å². The Morgan fingerprint density at radius 2 is 2.13 bits per heavy atom. The highest BCUT2D eigenvalue weighted by Gasteiger charge is 2.28. The van der Waals surface area contributed by atoms with Gasteiger partial charge in [0.1, 0.15) is 0 Å². The van der Waals surface area contributed by atoms with Gasteiger partial charge in [-0.05, 0) is 24.5 Å². The number of rotatable bonds is 3. The van der Waals surface area contributed by atoms with Gasteiger partial charge in [-0.2, -0.15) is 0 Å². The van der Waals surface area contributed by atoms with E-state index in [2.05, 4.69) is 43.1 Å². The fraction of sp³-hybridized carbons (Fsp3) is 0.385. The van der Waals surface area contributed by atoms with E-state index in [0.29, 0.717) is 12.1 Å². The maximum atomic E-state index is 6.09. The van der Waals surface area contributed by atoms with Crippen LogP contribution in [0, 0.1) is 0 Å². The monoisotopic (exact) mass is 202 g/mol. The minimum Gasteiger partial charge on any atom is -0.324 e. The molecule has 0 saturated heterocycles. The normalized spacial score (nSPS) is 26.0. The van der Waals surface area contributed by atoms with Crippen LogP contribution in [0.15, 0.2) is 36.9 Å². The van der Waals surface area contributed by atoms with Crippen LogP contribution in [0.5, 0.6) is 0 Å². The molecule has 1 aliphatic rings. The van der Waals surface area contributed by atoms with Gasteiger partial charge in [0.05, 0.1) is 0 Å². The maximum absolute atomic E-state index is 6.09. The topological polar surface area (TPSA) is 38.0 Å². The summed E-state index contributed by atoms with van der Waals surface area (Å²) in [6, 6.07) is 9.30. The average Bonchev–Trinajstić information content (AvgIpc) is 2.57. The summed E-state index contributed by atoms with van der Waals surface area (Å²) >= 11 is 0. The van der Waals surface area contributed by atoms with Crippen LogP contribution in [0.2, 0.25) is 0 Å². The lowest BCUT2D eigenvalue weighted by Gasteiger charge is -2.17. The van der Waals surface area contributed by atoms with Gasteiger partial charge in [-0.15, -0.1) is 6.58 Å². The zero-order valence-electron chi connectivity index (χ0n) is 9.11. The molecule has 2 nitrogen and oxygen atoms in total. The van der Waals surface area contributed by atoms with Gasteiger partial charge >= 0.3 is 0 Å². The summed E-state index contributed by atoms with van der Waals surface area (Å²) in [5.41, 5.74) is 8.72. The highest BCUT2D eigenvalue weighted by atomic mass is 15.0. The average molecular weight is 202 g/mol. The SMILES string of the molecule is C=CC(C)NC1CC(N)c2ccccc21. The van der Waals surface area contributed by atoms with Crippen molar-refractivity contribution in [3.05, 3.63) is 48.0 Å². The molecular weight excluding hydrogens is 184 g/mol. The Balaban J connectivity index is 2.21. The van der Waals surface area contributed by atoms with E-state index in [0.717, 1.165) is 6.42 Å². The van der Waals surface area contributed by atoms with E-state index in [1.165, 1.54) is 11.1 Å². The molecule has 0 spiro atoms. The van der Waals surface area contributed by atoms with Crippen molar-refractivity contribution < 1.29 is 0 Å². The largest absolute Gasteiger partial charge is 0.324 e. The first-order valence-corrected chi connectivity index (χ1v) is 5.45. The van der Waals surface area contributed by atoms with Gasteiger partial charge in [0.2, 0.25) is 0 Å². The lowest BCUT2D eigenvalue weighted by atomic mass is 10.1. The molecule has 15 heavy (non-hydrogen) atoms. The minimum atomic E-state index is 0.177. The lowest BCUT2D eigenvalue weighted by molar-refractivity contribution is 0.475. The van der Waals surface area contributed by atoms with E-state index in [-0.39, 0.29) is 6.04 Å². The third-order valence-electron chi connectivity index (χ3n) is 3.08. The van der Waals surface area contributed by atoms with Crippen LogP contribution in [0.25, 0.3) is 0 Å². The zero-order valence-corrected chi connectivity index (χ0v) is 9.11. The van der Waals surface area contributed by atoms with Crippen LogP contribution in [0.3, 0.4) is 0 Å². The number of fused-ring (bicyclic) bond motifs is 1. The summed E-state index contributed by atoms with van der Waals surface area (Å²) in [5, 5.41) is 3.52. The second-order valence-corrected chi connectivity index (χ2v) is 4.21. The Labute approximate surface area is 91.2 Å². The molecule has 0 amide bonds. The van der Waals surface area contributed by atoms with Gasteiger partial charge in [-0.3, -0.25) is 0 Å². The Kier molecular flexibility index (Phi) is 2.89. The third kappa shape index (κ3) is 1.96. The number of hydrogen-bond donors (Lipinski definition) is 2. The molecule has 0 heterocycles. The molecule has 2 heteroatoms. The Hall–Kier alpha value is -1.12. The summed E-state index contributed by atoms with van der Waals surface area (Å²) in [5.74, 6) is 0. The van der Waals surface area contributed by atoms with Crippen LogP contribution in [0.4, 0.5) is 0 Å². The predicted molar refractivity (Wildman–Crippen MR) is 63.5 cm³/mol. The van der Waals surface area contributed by atoms with Gasteiger partial charge in [0.25, 0.3) is 0 Å². The van der Waals surface area contributed by atoms with Crippen LogP contribution in [0.1, 0.15) is 36.6 Å². The quantitative estimate of drug-likeness (QED) is 0.738.